The van der Waals surface area contributed by atoms with Gasteiger partial charge in [-0.15, -0.1) is 0 Å². The van der Waals surface area contributed by atoms with Crippen molar-refractivity contribution in [1.29, 1.82) is 0 Å². The smallest absolute Gasteiger partial charge is 0.0951 e. The molecule has 2 N–H and O–H groups in total. The van der Waals surface area contributed by atoms with E-state index in [9.17, 15) is 0 Å². The molecule has 0 aliphatic rings. The van der Waals surface area contributed by atoms with Crippen LogP contribution >= 0.6 is 0 Å². The zero-order valence-electron chi connectivity index (χ0n) is 11.8. The SMILES string of the molecule is N[C@H](Cc1ccccc1)c1cncn1Cc1ccncc1. The first-order valence-electron chi connectivity index (χ1n) is 7.01. The first kappa shape index (κ1) is 13.5. The van der Waals surface area contributed by atoms with E-state index < -0.39 is 0 Å². The third kappa shape index (κ3) is 3.35. The van der Waals surface area contributed by atoms with Gasteiger partial charge in [-0.25, -0.2) is 4.98 Å². The van der Waals surface area contributed by atoms with Crippen LogP contribution in [0.5, 0.6) is 0 Å². The Kier molecular flexibility index (Phi) is 4.07. The van der Waals surface area contributed by atoms with E-state index in [1.54, 1.807) is 12.4 Å². The van der Waals surface area contributed by atoms with Crippen LogP contribution < -0.4 is 5.73 Å². The largest absolute Gasteiger partial charge is 0.329 e. The highest BCUT2D eigenvalue weighted by Gasteiger charge is 2.12. The predicted octanol–water partition coefficient (Wildman–Crippen LogP) is 2.57. The molecule has 3 rings (SSSR count). The lowest BCUT2D eigenvalue weighted by atomic mass is 10.0. The van der Waals surface area contributed by atoms with Gasteiger partial charge in [0.05, 0.1) is 18.1 Å². The summed E-state index contributed by atoms with van der Waals surface area (Å²) in [7, 11) is 0. The molecule has 0 spiro atoms. The highest BCUT2D eigenvalue weighted by Crippen LogP contribution is 2.17. The summed E-state index contributed by atoms with van der Waals surface area (Å²) in [6.45, 7) is 0.764. The Morgan fingerprint density at radius 2 is 1.71 bits per heavy atom. The molecule has 1 atom stereocenters. The quantitative estimate of drug-likeness (QED) is 0.780. The number of aromatic nitrogens is 3. The van der Waals surface area contributed by atoms with E-state index in [1.807, 2.05) is 42.9 Å². The highest BCUT2D eigenvalue weighted by molar-refractivity contribution is 5.19. The molecule has 0 fully saturated rings. The van der Waals surface area contributed by atoms with Crippen LogP contribution in [0.15, 0.2) is 67.4 Å². The maximum atomic E-state index is 6.35. The number of benzene rings is 1. The second kappa shape index (κ2) is 6.33. The standard InChI is InChI=1S/C17H18N4/c18-16(10-14-4-2-1-3-5-14)17-11-20-13-21(17)12-15-6-8-19-9-7-15/h1-9,11,13,16H,10,12,18H2/t16-/m1/s1. The fourth-order valence-electron chi connectivity index (χ4n) is 2.43. The lowest BCUT2D eigenvalue weighted by Gasteiger charge is -2.15. The number of hydrogen-bond donors (Lipinski definition) is 1. The molecule has 0 unspecified atom stereocenters. The molecular formula is C17H18N4. The van der Waals surface area contributed by atoms with Crippen molar-refractivity contribution in [3.63, 3.8) is 0 Å². The topological polar surface area (TPSA) is 56.7 Å². The van der Waals surface area contributed by atoms with Crippen molar-refractivity contribution in [3.05, 3.63) is 84.2 Å². The average molecular weight is 278 g/mol. The van der Waals surface area contributed by atoms with Gasteiger partial charge in [0.2, 0.25) is 0 Å². The summed E-state index contributed by atoms with van der Waals surface area (Å²) in [5.41, 5.74) is 9.83. The fourth-order valence-corrected chi connectivity index (χ4v) is 2.43. The first-order valence-corrected chi connectivity index (χ1v) is 7.01. The summed E-state index contributed by atoms with van der Waals surface area (Å²) in [6, 6.07) is 14.2. The summed E-state index contributed by atoms with van der Waals surface area (Å²) in [6.07, 6.45) is 8.10. The second-order valence-corrected chi connectivity index (χ2v) is 5.10. The van der Waals surface area contributed by atoms with Crippen molar-refractivity contribution in [3.8, 4) is 0 Å². The molecule has 106 valence electrons. The molecule has 0 aliphatic carbocycles. The Bertz CT molecular complexity index is 676. The van der Waals surface area contributed by atoms with Crippen LogP contribution in [-0.4, -0.2) is 14.5 Å². The number of pyridine rings is 1. The summed E-state index contributed by atoms with van der Waals surface area (Å²) in [5.74, 6) is 0. The second-order valence-electron chi connectivity index (χ2n) is 5.10. The van der Waals surface area contributed by atoms with Crippen LogP contribution in [-0.2, 0) is 13.0 Å². The van der Waals surface area contributed by atoms with Crippen LogP contribution in [0.4, 0.5) is 0 Å². The van der Waals surface area contributed by atoms with E-state index in [0.29, 0.717) is 0 Å². The zero-order chi connectivity index (χ0) is 14.5. The van der Waals surface area contributed by atoms with Crippen LogP contribution in [0.1, 0.15) is 22.9 Å². The van der Waals surface area contributed by atoms with Crippen molar-refractivity contribution >= 4 is 0 Å². The minimum atomic E-state index is -0.0586. The number of imidazole rings is 1. The summed E-state index contributed by atoms with van der Waals surface area (Å²) in [4.78, 5) is 8.29. The van der Waals surface area contributed by atoms with E-state index in [-0.39, 0.29) is 6.04 Å². The first-order chi connectivity index (χ1) is 10.3. The van der Waals surface area contributed by atoms with E-state index in [2.05, 4.69) is 26.7 Å². The molecule has 0 radical (unpaired) electrons. The number of rotatable bonds is 5. The van der Waals surface area contributed by atoms with Gasteiger partial charge in [-0.2, -0.15) is 0 Å². The summed E-state index contributed by atoms with van der Waals surface area (Å²) in [5, 5.41) is 0. The van der Waals surface area contributed by atoms with Gasteiger partial charge in [0, 0.05) is 25.1 Å². The lowest BCUT2D eigenvalue weighted by Crippen LogP contribution is -2.18. The molecule has 0 bridgehead atoms. The average Bonchev–Trinajstić information content (AvgIpc) is 2.97. The molecule has 4 nitrogen and oxygen atoms in total. The Morgan fingerprint density at radius 3 is 2.48 bits per heavy atom. The Morgan fingerprint density at radius 1 is 0.952 bits per heavy atom. The molecule has 0 saturated heterocycles. The Balaban J connectivity index is 1.75. The normalized spacial score (nSPS) is 12.2. The van der Waals surface area contributed by atoms with Gasteiger partial charge in [-0.1, -0.05) is 30.3 Å². The number of nitrogens with two attached hydrogens (primary N) is 1. The third-order valence-electron chi connectivity index (χ3n) is 3.53. The van der Waals surface area contributed by atoms with Crippen molar-refractivity contribution in [2.75, 3.05) is 0 Å². The van der Waals surface area contributed by atoms with Gasteiger partial charge in [-0.3, -0.25) is 4.98 Å². The molecule has 3 aromatic rings. The molecule has 1 aromatic carbocycles. The van der Waals surface area contributed by atoms with E-state index in [0.717, 1.165) is 18.7 Å². The van der Waals surface area contributed by atoms with E-state index in [4.69, 9.17) is 5.73 Å². The predicted molar refractivity (Wildman–Crippen MR) is 82.6 cm³/mol. The maximum Gasteiger partial charge on any atom is 0.0951 e. The van der Waals surface area contributed by atoms with Gasteiger partial charge < -0.3 is 10.3 Å². The Hall–Kier alpha value is -2.46. The molecular weight excluding hydrogens is 260 g/mol. The minimum Gasteiger partial charge on any atom is -0.329 e. The zero-order valence-corrected chi connectivity index (χ0v) is 11.8. The van der Waals surface area contributed by atoms with Gasteiger partial charge in [0.25, 0.3) is 0 Å². The minimum absolute atomic E-state index is 0.0586. The van der Waals surface area contributed by atoms with Gasteiger partial charge in [-0.05, 0) is 29.7 Å². The highest BCUT2D eigenvalue weighted by atomic mass is 15.1. The van der Waals surface area contributed by atoms with E-state index >= 15 is 0 Å². The summed E-state index contributed by atoms with van der Waals surface area (Å²) >= 11 is 0. The van der Waals surface area contributed by atoms with Crippen LogP contribution in [0.2, 0.25) is 0 Å². The fraction of sp³-hybridized carbons (Fsp3) is 0.176. The van der Waals surface area contributed by atoms with Gasteiger partial charge >= 0.3 is 0 Å². The van der Waals surface area contributed by atoms with Gasteiger partial charge in [0.15, 0.2) is 0 Å². The Labute approximate surface area is 124 Å². The van der Waals surface area contributed by atoms with Crippen molar-refractivity contribution in [2.24, 2.45) is 5.73 Å². The van der Waals surface area contributed by atoms with Crippen LogP contribution in [0, 0.1) is 0 Å². The van der Waals surface area contributed by atoms with Crippen LogP contribution in [0.3, 0.4) is 0 Å². The third-order valence-corrected chi connectivity index (χ3v) is 3.53. The molecule has 0 amide bonds. The monoisotopic (exact) mass is 278 g/mol. The number of nitrogens with zero attached hydrogens (tertiary/aromatic N) is 3. The van der Waals surface area contributed by atoms with Crippen molar-refractivity contribution in [1.82, 2.24) is 14.5 Å². The van der Waals surface area contributed by atoms with Crippen molar-refractivity contribution < 1.29 is 0 Å². The number of hydrogen-bond acceptors (Lipinski definition) is 3. The van der Waals surface area contributed by atoms with E-state index in [1.165, 1.54) is 11.1 Å². The molecule has 0 aliphatic heterocycles. The van der Waals surface area contributed by atoms with Crippen LogP contribution in [0.25, 0.3) is 0 Å². The molecule has 2 heterocycles. The molecule has 21 heavy (non-hydrogen) atoms. The maximum absolute atomic E-state index is 6.35. The molecule has 2 aromatic heterocycles. The summed E-state index contributed by atoms with van der Waals surface area (Å²) < 4.78 is 2.10. The van der Waals surface area contributed by atoms with Gasteiger partial charge in [0.1, 0.15) is 0 Å². The molecule has 0 saturated carbocycles. The van der Waals surface area contributed by atoms with Crippen molar-refractivity contribution in [2.45, 2.75) is 19.0 Å². The molecule has 4 heteroatoms. The lowest BCUT2D eigenvalue weighted by molar-refractivity contribution is 0.631.